The first-order valence-corrected chi connectivity index (χ1v) is 7.29. The Kier molecular flexibility index (Phi) is 3.82. The zero-order valence-corrected chi connectivity index (χ0v) is 13.2. The lowest BCUT2D eigenvalue weighted by Gasteiger charge is -2.08. The summed E-state index contributed by atoms with van der Waals surface area (Å²) in [6, 6.07) is 7.92. The van der Waals surface area contributed by atoms with Crippen LogP contribution in [0.4, 0.5) is 4.39 Å². The molecular formula is C17H17FN4O. The summed E-state index contributed by atoms with van der Waals surface area (Å²) in [5.74, 6) is -0.539. The first kappa shape index (κ1) is 15.1. The Bertz CT molecular complexity index is 901. The minimum absolute atomic E-state index is 0.221. The third-order valence-electron chi connectivity index (χ3n) is 3.68. The maximum Gasteiger partial charge on any atom is 0.252 e. The van der Waals surface area contributed by atoms with Crippen molar-refractivity contribution < 1.29 is 9.18 Å². The second-order valence-corrected chi connectivity index (χ2v) is 5.53. The highest BCUT2D eigenvalue weighted by Gasteiger charge is 2.17. The molecular weight excluding hydrogens is 295 g/mol. The molecule has 0 saturated heterocycles. The molecule has 0 aliphatic rings. The summed E-state index contributed by atoms with van der Waals surface area (Å²) >= 11 is 0. The number of aromatic nitrogens is 3. The number of aryl methyl sites for hydroxylation is 3. The van der Waals surface area contributed by atoms with E-state index in [2.05, 4.69) is 15.4 Å². The SMILES string of the molecule is Cc1cc(C(=O)NCc2cccc(F)c2)c2c(C)nn(C)c2n1. The molecule has 0 spiro atoms. The molecule has 1 N–H and O–H groups in total. The van der Waals surface area contributed by atoms with Gasteiger partial charge >= 0.3 is 0 Å². The third kappa shape index (κ3) is 2.92. The quantitative estimate of drug-likeness (QED) is 0.809. The minimum Gasteiger partial charge on any atom is -0.348 e. The molecule has 2 heterocycles. The molecule has 0 fully saturated rings. The number of carbonyl (C=O) groups is 1. The van der Waals surface area contributed by atoms with Crippen molar-refractivity contribution in [2.75, 3.05) is 0 Å². The molecule has 23 heavy (non-hydrogen) atoms. The van der Waals surface area contributed by atoms with E-state index in [4.69, 9.17) is 0 Å². The molecule has 0 saturated carbocycles. The maximum absolute atomic E-state index is 13.2. The summed E-state index contributed by atoms with van der Waals surface area (Å²) in [7, 11) is 1.80. The summed E-state index contributed by atoms with van der Waals surface area (Å²) in [5, 5.41) is 7.90. The highest BCUT2D eigenvalue weighted by atomic mass is 19.1. The molecule has 1 aromatic carbocycles. The second-order valence-electron chi connectivity index (χ2n) is 5.53. The molecule has 0 atom stereocenters. The van der Waals surface area contributed by atoms with Crippen molar-refractivity contribution in [3.8, 4) is 0 Å². The van der Waals surface area contributed by atoms with Gasteiger partial charge in [-0.05, 0) is 37.6 Å². The Morgan fingerprint density at radius 2 is 2.09 bits per heavy atom. The van der Waals surface area contributed by atoms with E-state index in [1.54, 1.807) is 29.9 Å². The lowest BCUT2D eigenvalue weighted by atomic mass is 10.1. The molecule has 0 bridgehead atoms. The first-order valence-electron chi connectivity index (χ1n) is 7.29. The normalized spacial score (nSPS) is 11.0. The molecule has 118 valence electrons. The molecule has 0 aliphatic carbocycles. The molecule has 3 rings (SSSR count). The predicted molar refractivity (Wildman–Crippen MR) is 85.6 cm³/mol. The molecule has 1 amide bonds. The van der Waals surface area contributed by atoms with Crippen molar-refractivity contribution in [3.05, 3.63) is 58.7 Å². The average Bonchev–Trinajstić information content (AvgIpc) is 2.79. The fraction of sp³-hybridized carbons (Fsp3) is 0.235. The van der Waals surface area contributed by atoms with E-state index >= 15 is 0 Å². The van der Waals surface area contributed by atoms with Gasteiger partial charge in [0, 0.05) is 19.3 Å². The molecule has 0 unspecified atom stereocenters. The number of hydrogen-bond acceptors (Lipinski definition) is 3. The largest absolute Gasteiger partial charge is 0.348 e. The molecule has 5 nitrogen and oxygen atoms in total. The molecule has 0 radical (unpaired) electrons. The summed E-state index contributed by atoms with van der Waals surface area (Å²) in [6.07, 6.45) is 0. The minimum atomic E-state index is -0.318. The van der Waals surface area contributed by atoms with Gasteiger partial charge in [0.15, 0.2) is 5.65 Å². The Balaban J connectivity index is 1.92. The standard InChI is InChI=1S/C17H17FN4O/c1-10-7-14(15-11(2)21-22(3)16(15)20-10)17(23)19-9-12-5-4-6-13(18)8-12/h4-8H,9H2,1-3H3,(H,19,23). The lowest BCUT2D eigenvalue weighted by molar-refractivity contribution is 0.0952. The van der Waals surface area contributed by atoms with E-state index in [0.29, 0.717) is 16.8 Å². The highest BCUT2D eigenvalue weighted by molar-refractivity contribution is 6.06. The van der Waals surface area contributed by atoms with Crippen molar-refractivity contribution in [2.24, 2.45) is 7.05 Å². The highest BCUT2D eigenvalue weighted by Crippen LogP contribution is 2.21. The number of amides is 1. The van der Waals surface area contributed by atoms with Crippen molar-refractivity contribution in [1.82, 2.24) is 20.1 Å². The summed E-state index contributed by atoms with van der Waals surface area (Å²) in [4.78, 5) is 17.0. The smallest absolute Gasteiger partial charge is 0.252 e. The van der Waals surface area contributed by atoms with Crippen LogP contribution in [0.15, 0.2) is 30.3 Å². The topological polar surface area (TPSA) is 59.8 Å². The van der Waals surface area contributed by atoms with Crippen LogP contribution >= 0.6 is 0 Å². The van der Waals surface area contributed by atoms with Crippen LogP contribution in [0.5, 0.6) is 0 Å². The average molecular weight is 312 g/mol. The van der Waals surface area contributed by atoms with Gasteiger partial charge in [-0.15, -0.1) is 0 Å². The number of hydrogen-bond donors (Lipinski definition) is 1. The van der Waals surface area contributed by atoms with Crippen LogP contribution in [0.1, 0.15) is 27.3 Å². The number of rotatable bonds is 3. The van der Waals surface area contributed by atoms with Gasteiger partial charge < -0.3 is 5.32 Å². The van der Waals surface area contributed by atoms with Crippen LogP contribution in [0.25, 0.3) is 11.0 Å². The predicted octanol–water partition coefficient (Wildman–Crippen LogP) is 2.65. The van der Waals surface area contributed by atoms with Crippen LogP contribution in [-0.4, -0.2) is 20.7 Å². The lowest BCUT2D eigenvalue weighted by Crippen LogP contribution is -2.23. The second kappa shape index (κ2) is 5.79. The van der Waals surface area contributed by atoms with Gasteiger partial charge in [0.1, 0.15) is 5.82 Å². The van der Waals surface area contributed by atoms with Gasteiger partial charge in [0.05, 0.1) is 16.6 Å². The number of nitrogens with one attached hydrogen (secondary N) is 1. The Hall–Kier alpha value is -2.76. The Morgan fingerprint density at radius 3 is 2.83 bits per heavy atom. The fourth-order valence-electron chi connectivity index (χ4n) is 2.67. The number of nitrogens with zero attached hydrogens (tertiary/aromatic N) is 3. The van der Waals surface area contributed by atoms with Crippen LogP contribution in [-0.2, 0) is 13.6 Å². The number of fused-ring (bicyclic) bond motifs is 1. The van der Waals surface area contributed by atoms with E-state index in [1.807, 2.05) is 13.8 Å². The van der Waals surface area contributed by atoms with Crippen molar-refractivity contribution >= 4 is 16.9 Å². The van der Waals surface area contributed by atoms with E-state index in [1.165, 1.54) is 12.1 Å². The van der Waals surface area contributed by atoms with E-state index < -0.39 is 0 Å². The number of carbonyl (C=O) groups excluding carboxylic acids is 1. The molecule has 0 aliphatic heterocycles. The van der Waals surface area contributed by atoms with Crippen LogP contribution in [0, 0.1) is 19.7 Å². The van der Waals surface area contributed by atoms with E-state index in [-0.39, 0.29) is 18.3 Å². The van der Waals surface area contributed by atoms with Crippen LogP contribution in [0.3, 0.4) is 0 Å². The fourth-order valence-corrected chi connectivity index (χ4v) is 2.67. The van der Waals surface area contributed by atoms with Gasteiger partial charge in [0.2, 0.25) is 0 Å². The summed E-state index contributed by atoms with van der Waals surface area (Å²) < 4.78 is 14.9. The maximum atomic E-state index is 13.2. The van der Waals surface area contributed by atoms with Crippen molar-refractivity contribution in [1.29, 1.82) is 0 Å². The summed E-state index contributed by atoms with van der Waals surface area (Å²) in [6.45, 7) is 3.95. The zero-order chi connectivity index (χ0) is 16.6. The van der Waals surface area contributed by atoms with Crippen molar-refractivity contribution in [2.45, 2.75) is 20.4 Å². The number of pyridine rings is 1. The summed E-state index contributed by atoms with van der Waals surface area (Å²) in [5.41, 5.74) is 3.43. The molecule has 6 heteroatoms. The number of halogens is 1. The Labute approximate surface area is 133 Å². The zero-order valence-electron chi connectivity index (χ0n) is 13.2. The van der Waals surface area contributed by atoms with E-state index in [9.17, 15) is 9.18 Å². The van der Waals surface area contributed by atoms with Gasteiger partial charge in [-0.2, -0.15) is 5.10 Å². The van der Waals surface area contributed by atoms with Crippen molar-refractivity contribution in [3.63, 3.8) is 0 Å². The van der Waals surface area contributed by atoms with Crippen LogP contribution in [0.2, 0.25) is 0 Å². The van der Waals surface area contributed by atoms with Gasteiger partial charge in [-0.1, -0.05) is 12.1 Å². The molecule has 3 aromatic rings. The monoisotopic (exact) mass is 312 g/mol. The Morgan fingerprint density at radius 1 is 1.30 bits per heavy atom. The van der Waals surface area contributed by atoms with Gasteiger partial charge in [0.25, 0.3) is 5.91 Å². The van der Waals surface area contributed by atoms with Gasteiger partial charge in [-0.3, -0.25) is 9.48 Å². The first-order chi connectivity index (χ1) is 11.0. The molecule has 2 aromatic heterocycles. The number of benzene rings is 1. The van der Waals surface area contributed by atoms with Crippen LogP contribution < -0.4 is 5.32 Å². The van der Waals surface area contributed by atoms with Gasteiger partial charge in [-0.25, -0.2) is 9.37 Å². The van der Waals surface area contributed by atoms with E-state index in [0.717, 1.165) is 16.8 Å². The third-order valence-corrected chi connectivity index (χ3v) is 3.68.